The molecule has 0 saturated carbocycles. The highest BCUT2D eigenvalue weighted by Crippen LogP contribution is 2.38. The Kier molecular flexibility index (Phi) is 6.41. The van der Waals surface area contributed by atoms with Gasteiger partial charge in [-0.3, -0.25) is 9.48 Å². The highest BCUT2D eigenvalue weighted by molar-refractivity contribution is 7.96. The standard InChI is InChI=1S/C22H25ClFN5O2S2/c1-12-21(13(2)28(3)26-12)20-9-8-19(32-20)17-11-18(29(4)33(5,31)27-17)22(30)25-14-6-7-16(24)15(23)10-14/h6-10,17-18H,5,11H2,1-4H3,(H,25,30)(H,27,31)/t17-,18+,33?/m1/s1. The van der Waals surface area contributed by atoms with E-state index in [2.05, 4.69) is 21.0 Å². The van der Waals surface area contributed by atoms with Crippen LogP contribution in [0.1, 0.15) is 28.7 Å². The summed E-state index contributed by atoms with van der Waals surface area (Å²) in [5, 5.41) is 7.15. The second kappa shape index (κ2) is 8.84. The first-order valence-corrected chi connectivity index (χ1v) is 13.1. The predicted octanol–water partition coefficient (Wildman–Crippen LogP) is 4.08. The largest absolute Gasteiger partial charge is 0.325 e. The maximum Gasteiger partial charge on any atom is 0.242 e. The maximum absolute atomic E-state index is 13.5. The van der Waals surface area contributed by atoms with Gasteiger partial charge in [0.05, 0.1) is 26.7 Å². The normalized spacial score (nSPS) is 23.6. The van der Waals surface area contributed by atoms with E-state index in [-0.39, 0.29) is 17.0 Å². The lowest BCUT2D eigenvalue weighted by Crippen LogP contribution is -2.55. The van der Waals surface area contributed by atoms with Crippen molar-refractivity contribution >= 4 is 50.3 Å². The van der Waals surface area contributed by atoms with Gasteiger partial charge in [0.15, 0.2) is 0 Å². The van der Waals surface area contributed by atoms with Crippen molar-refractivity contribution in [1.82, 2.24) is 18.8 Å². The zero-order valence-corrected chi connectivity index (χ0v) is 21.1. The number of anilines is 1. The van der Waals surface area contributed by atoms with Gasteiger partial charge in [0.25, 0.3) is 0 Å². The number of aryl methyl sites for hydroxylation is 2. The van der Waals surface area contributed by atoms with Crippen LogP contribution in [0.4, 0.5) is 10.1 Å². The molecule has 1 fully saturated rings. The first kappa shape index (κ1) is 23.9. The number of amides is 1. The van der Waals surface area contributed by atoms with Gasteiger partial charge in [0.2, 0.25) is 5.91 Å². The van der Waals surface area contributed by atoms with E-state index in [0.29, 0.717) is 12.1 Å². The first-order valence-electron chi connectivity index (χ1n) is 10.2. The molecule has 3 heterocycles. The van der Waals surface area contributed by atoms with E-state index in [1.165, 1.54) is 22.5 Å². The van der Waals surface area contributed by atoms with Crippen LogP contribution in [-0.4, -0.2) is 43.2 Å². The van der Waals surface area contributed by atoms with Crippen molar-refractivity contribution in [3.63, 3.8) is 0 Å². The molecule has 0 aliphatic carbocycles. The van der Waals surface area contributed by atoms with E-state index in [1.54, 1.807) is 18.4 Å². The average molecular weight is 510 g/mol. The number of benzene rings is 1. The number of nitrogens with one attached hydrogen (secondary N) is 2. The molecular formula is C22H25ClFN5O2S2. The van der Waals surface area contributed by atoms with E-state index in [1.807, 2.05) is 37.7 Å². The summed E-state index contributed by atoms with van der Waals surface area (Å²) in [6.45, 7) is 3.99. The summed E-state index contributed by atoms with van der Waals surface area (Å²) in [6.07, 6.45) is 0.384. The number of halogens is 2. The van der Waals surface area contributed by atoms with Crippen LogP contribution in [0.5, 0.6) is 0 Å². The first-order chi connectivity index (χ1) is 15.5. The zero-order chi connectivity index (χ0) is 24.1. The molecule has 33 heavy (non-hydrogen) atoms. The zero-order valence-electron chi connectivity index (χ0n) is 18.7. The minimum Gasteiger partial charge on any atom is -0.325 e. The highest BCUT2D eigenvalue weighted by atomic mass is 35.5. The Morgan fingerprint density at radius 1 is 1.33 bits per heavy atom. The lowest BCUT2D eigenvalue weighted by atomic mass is 10.1. The van der Waals surface area contributed by atoms with E-state index in [4.69, 9.17) is 11.6 Å². The number of aromatic nitrogens is 2. The van der Waals surface area contributed by atoms with E-state index in [9.17, 15) is 13.4 Å². The molecule has 1 aromatic carbocycles. The molecular weight excluding hydrogens is 485 g/mol. The van der Waals surface area contributed by atoms with Crippen LogP contribution in [0.3, 0.4) is 0 Å². The van der Waals surface area contributed by atoms with Crippen molar-refractivity contribution in [3.05, 3.63) is 57.4 Å². The third-order valence-corrected chi connectivity index (χ3v) is 9.25. The van der Waals surface area contributed by atoms with Crippen LogP contribution < -0.4 is 10.0 Å². The van der Waals surface area contributed by atoms with Gasteiger partial charge in [-0.2, -0.15) is 5.10 Å². The fraction of sp³-hybridized carbons (Fsp3) is 0.318. The van der Waals surface area contributed by atoms with Crippen LogP contribution >= 0.6 is 22.9 Å². The molecule has 11 heteroatoms. The van der Waals surface area contributed by atoms with E-state index in [0.717, 1.165) is 26.7 Å². The Morgan fingerprint density at radius 3 is 2.70 bits per heavy atom. The quantitative estimate of drug-likeness (QED) is 0.520. The van der Waals surface area contributed by atoms with Crippen molar-refractivity contribution in [2.75, 3.05) is 12.4 Å². The Hall–Kier alpha value is -2.24. The summed E-state index contributed by atoms with van der Waals surface area (Å²) in [5.41, 5.74) is 3.45. The molecule has 0 bridgehead atoms. The second-order valence-corrected chi connectivity index (χ2v) is 11.7. The molecule has 3 atom stereocenters. The lowest BCUT2D eigenvalue weighted by Gasteiger charge is -2.39. The third kappa shape index (κ3) is 4.58. The van der Waals surface area contributed by atoms with Crippen LogP contribution in [0.15, 0.2) is 30.3 Å². The third-order valence-electron chi connectivity index (χ3n) is 5.90. The molecule has 1 aliphatic rings. The summed E-state index contributed by atoms with van der Waals surface area (Å²) in [4.78, 5) is 15.1. The van der Waals surface area contributed by atoms with Gasteiger partial charge in [0, 0.05) is 40.8 Å². The van der Waals surface area contributed by atoms with Gasteiger partial charge in [-0.25, -0.2) is 17.6 Å². The van der Waals surface area contributed by atoms with Crippen molar-refractivity contribution in [2.45, 2.75) is 32.4 Å². The van der Waals surface area contributed by atoms with Gasteiger partial charge >= 0.3 is 0 Å². The fourth-order valence-electron chi connectivity index (χ4n) is 3.98. The fourth-order valence-corrected chi connectivity index (χ4v) is 6.88. The molecule has 1 aliphatic heterocycles. The summed E-state index contributed by atoms with van der Waals surface area (Å²) in [7, 11) is 0.610. The summed E-state index contributed by atoms with van der Waals surface area (Å²) >= 11 is 7.41. The number of carbonyl (C=O) groups is 1. The number of hydrogen-bond donors (Lipinski definition) is 2. The predicted molar refractivity (Wildman–Crippen MR) is 133 cm³/mol. The highest BCUT2D eigenvalue weighted by Gasteiger charge is 2.38. The van der Waals surface area contributed by atoms with Gasteiger partial charge in [-0.15, -0.1) is 11.3 Å². The number of carbonyl (C=O) groups excluding carboxylic acids is 1. The average Bonchev–Trinajstić information content (AvgIpc) is 3.31. The number of thiophene rings is 1. The van der Waals surface area contributed by atoms with Crippen LogP contribution in [0, 0.1) is 19.7 Å². The molecule has 7 nitrogen and oxygen atoms in total. The van der Waals surface area contributed by atoms with Gasteiger partial charge < -0.3 is 5.32 Å². The topological polar surface area (TPSA) is 79.3 Å². The number of rotatable bonds is 4. The Bertz CT molecular complexity index is 1330. The van der Waals surface area contributed by atoms with Crippen LogP contribution in [-0.2, 0) is 21.7 Å². The van der Waals surface area contributed by atoms with Gasteiger partial charge in [-0.05, 0) is 56.5 Å². The summed E-state index contributed by atoms with van der Waals surface area (Å²) in [6, 6.07) is 6.94. The van der Waals surface area contributed by atoms with Crippen molar-refractivity contribution in [1.29, 1.82) is 0 Å². The van der Waals surface area contributed by atoms with Crippen molar-refractivity contribution < 1.29 is 13.4 Å². The number of nitrogens with zero attached hydrogens (tertiary/aromatic N) is 3. The van der Waals surface area contributed by atoms with E-state index < -0.39 is 21.8 Å². The molecule has 176 valence electrons. The van der Waals surface area contributed by atoms with Crippen molar-refractivity contribution in [3.8, 4) is 10.4 Å². The second-order valence-electron chi connectivity index (χ2n) is 8.10. The molecule has 2 N–H and O–H groups in total. The SMILES string of the molecule is C=S1(=O)N[C@@H](c2ccc(-c3c(C)nn(C)c3C)s2)C[C@@H](C(=O)Nc2ccc(F)c(Cl)c2)N1C. The number of hydrogen-bond acceptors (Lipinski definition) is 4. The Labute approximate surface area is 201 Å². The number of likely N-dealkylation sites (N-methyl/N-ethyl adjacent to an activating group) is 1. The lowest BCUT2D eigenvalue weighted by molar-refractivity contribution is -0.120. The molecule has 3 aromatic rings. The van der Waals surface area contributed by atoms with E-state index >= 15 is 0 Å². The van der Waals surface area contributed by atoms with Gasteiger partial charge in [-0.1, -0.05) is 11.6 Å². The Balaban J connectivity index is 1.60. The molecule has 4 rings (SSSR count). The summed E-state index contributed by atoms with van der Waals surface area (Å²) < 4.78 is 33.1. The van der Waals surface area contributed by atoms with Crippen LogP contribution in [0.2, 0.25) is 5.02 Å². The maximum atomic E-state index is 13.5. The molecule has 2 aromatic heterocycles. The Morgan fingerprint density at radius 2 is 2.06 bits per heavy atom. The molecule has 1 unspecified atom stereocenters. The van der Waals surface area contributed by atoms with Gasteiger partial charge in [0.1, 0.15) is 11.9 Å². The monoisotopic (exact) mass is 509 g/mol. The minimum atomic E-state index is -2.90. The summed E-state index contributed by atoms with van der Waals surface area (Å²) in [5.74, 6) is 2.90. The van der Waals surface area contributed by atoms with Crippen molar-refractivity contribution in [2.24, 2.45) is 7.05 Å². The van der Waals surface area contributed by atoms with Crippen LogP contribution in [0.25, 0.3) is 10.4 Å². The smallest absolute Gasteiger partial charge is 0.242 e. The molecule has 1 saturated heterocycles. The molecule has 0 radical (unpaired) electrons. The molecule has 1 amide bonds. The molecule has 0 spiro atoms. The minimum absolute atomic E-state index is 0.0857.